The molecule has 1 aliphatic carbocycles. The van der Waals surface area contributed by atoms with Crippen LogP contribution in [0.15, 0.2) is 66.7 Å². The number of nitrogens with zero attached hydrogens (tertiary/aromatic N) is 1. The van der Waals surface area contributed by atoms with E-state index in [4.69, 9.17) is 28.5 Å². The maximum atomic E-state index is 9.58. The second-order valence-electron chi connectivity index (χ2n) is 5.87. The summed E-state index contributed by atoms with van der Waals surface area (Å²) in [5.41, 5.74) is 1.33. The molecular weight excluding hydrogens is 369 g/mol. The van der Waals surface area contributed by atoms with E-state index in [1.54, 1.807) is 24.3 Å². The predicted molar refractivity (Wildman–Crippen MR) is 105 cm³/mol. The highest BCUT2D eigenvalue weighted by Gasteiger charge is 2.34. The van der Waals surface area contributed by atoms with Crippen LogP contribution in [0.25, 0.3) is 16.5 Å². The van der Waals surface area contributed by atoms with Crippen molar-refractivity contribution >= 4 is 39.7 Å². The number of hydrogen-bond acceptors (Lipinski definition) is 3. The van der Waals surface area contributed by atoms with Crippen molar-refractivity contribution in [3.63, 3.8) is 0 Å². The Balaban J connectivity index is 0.000000152. The molecule has 3 aromatic rings. The van der Waals surface area contributed by atoms with Gasteiger partial charge in [-0.15, -0.1) is 0 Å². The molecule has 0 amide bonds. The number of allylic oxidation sites excluding steroid dienone is 1. The Hall–Kier alpha value is -2.67. The maximum Gasteiger partial charge on any atom is 0.160 e. The lowest BCUT2D eigenvalue weighted by Gasteiger charge is -2.24. The molecule has 3 aromatic carbocycles. The summed E-state index contributed by atoms with van der Waals surface area (Å²) >= 11 is 11.9. The first-order chi connectivity index (χ1) is 12.5. The van der Waals surface area contributed by atoms with Gasteiger partial charge in [0.2, 0.25) is 0 Å². The molecule has 0 heterocycles. The monoisotopic (exact) mass is 383 g/mol. The van der Waals surface area contributed by atoms with Crippen LogP contribution in [0.1, 0.15) is 17.5 Å². The van der Waals surface area contributed by atoms with Crippen LogP contribution in [0.3, 0.4) is 0 Å². The van der Waals surface area contributed by atoms with Crippen molar-refractivity contribution in [3.05, 3.63) is 82.9 Å². The number of hydrogen-bond donors (Lipinski definition) is 2. The number of benzene rings is 3. The third kappa shape index (κ3) is 3.35. The van der Waals surface area contributed by atoms with Gasteiger partial charge in [0, 0.05) is 17.4 Å². The Morgan fingerprint density at radius 2 is 1.65 bits per heavy atom. The molecule has 3 nitrogen and oxygen atoms in total. The van der Waals surface area contributed by atoms with Crippen molar-refractivity contribution in [1.29, 1.82) is 5.26 Å². The molecule has 4 rings (SSSR count). The second-order valence-corrected chi connectivity index (χ2v) is 6.92. The molecule has 5 heteroatoms. The fourth-order valence-electron chi connectivity index (χ4n) is 2.84. The molecule has 0 aromatic heterocycles. The van der Waals surface area contributed by atoms with Crippen LogP contribution in [-0.4, -0.2) is 10.2 Å². The lowest BCUT2D eigenvalue weighted by atomic mass is 9.86. The molecule has 1 unspecified atom stereocenters. The number of aliphatic hydroxyl groups excluding tert-OH is 1. The Kier molecular flexibility index (Phi) is 5.08. The van der Waals surface area contributed by atoms with Gasteiger partial charge < -0.3 is 10.2 Å². The Morgan fingerprint density at radius 1 is 0.962 bits per heavy atom. The molecule has 0 bridgehead atoms. The fraction of sp³-hybridized carbons (Fsp3) is 0.0952. The number of rotatable bonds is 0. The first kappa shape index (κ1) is 18.1. The molecule has 1 atom stereocenters. The Bertz CT molecular complexity index is 1040. The summed E-state index contributed by atoms with van der Waals surface area (Å²) < 4.78 is 0. The van der Waals surface area contributed by atoms with Crippen molar-refractivity contribution in [2.75, 3.05) is 0 Å². The average Bonchev–Trinajstić information content (AvgIpc) is 2.69. The van der Waals surface area contributed by atoms with Crippen LogP contribution >= 0.6 is 23.2 Å². The minimum absolute atomic E-state index is 0.162. The minimum atomic E-state index is -1.02. The molecule has 0 aliphatic heterocycles. The van der Waals surface area contributed by atoms with Crippen LogP contribution in [0, 0.1) is 11.3 Å². The van der Waals surface area contributed by atoms with Crippen LogP contribution < -0.4 is 0 Å². The van der Waals surface area contributed by atoms with Gasteiger partial charge in [-0.3, -0.25) is 0 Å². The first-order valence-corrected chi connectivity index (χ1v) is 8.67. The van der Waals surface area contributed by atoms with Crippen molar-refractivity contribution in [1.82, 2.24) is 0 Å². The van der Waals surface area contributed by atoms with Gasteiger partial charge in [-0.25, -0.2) is 0 Å². The summed E-state index contributed by atoms with van der Waals surface area (Å²) in [7, 11) is 0. The van der Waals surface area contributed by atoms with Crippen LogP contribution in [0.4, 0.5) is 0 Å². The number of nitriles is 1. The summed E-state index contributed by atoms with van der Waals surface area (Å²) in [6.45, 7) is 0. The molecule has 0 spiro atoms. The smallest absolute Gasteiger partial charge is 0.160 e. The highest BCUT2D eigenvalue weighted by Crippen LogP contribution is 2.40. The zero-order valence-corrected chi connectivity index (χ0v) is 15.2. The SMILES string of the molecule is N#CC1(Cl)CC=C(O)c2ccccc21.Oc1c(Cl)ccc2ccccc12. The summed E-state index contributed by atoms with van der Waals surface area (Å²) in [5, 5.41) is 30.3. The zero-order chi connectivity index (χ0) is 18.7. The summed E-state index contributed by atoms with van der Waals surface area (Å²) in [5.74, 6) is 0.363. The molecule has 0 saturated heterocycles. The molecular formula is C21H15Cl2NO2. The fourth-order valence-corrected chi connectivity index (χ4v) is 3.25. The number of halogens is 2. The number of aliphatic hydroxyl groups is 1. The topological polar surface area (TPSA) is 64.2 Å². The third-order valence-corrected chi connectivity index (χ3v) is 4.98. The van der Waals surface area contributed by atoms with Crippen LogP contribution in [0.2, 0.25) is 5.02 Å². The molecule has 1 aliphatic rings. The Morgan fingerprint density at radius 3 is 2.42 bits per heavy atom. The zero-order valence-electron chi connectivity index (χ0n) is 13.7. The van der Waals surface area contributed by atoms with Crippen LogP contribution in [-0.2, 0) is 4.87 Å². The van der Waals surface area contributed by atoms with E-state index in [1.165, 1.54) is 0 Å². The van der Waals surface area contributed by atoms with E-state index in [0.717, 1.165) is 10.8 Å². The second kappa shape index (κ2) is 7.29. The van der Waals surface area contributed by atoms with Gasteiger partial charge in [0.25, 0.3) is 0 Å². The van der Waals surface area contributed by atoms with E-state index >= 15 is 0 Å². The number of phenolic OH excluding ortho intramolecular Hbond substituents is 1. The van der Waals surface area contributed by atoms with E-state index in [-0.39, 0.29) is 11.5 Å². The van der Waals surface area contributed by atoms with Gasteiger partial charge in [-0.2, -0.15) is 5.26 Å². The standard InChI is InChI=1S/C11H8ClNO.C10H7ClO/c12-11(7-13)6-5-10(14)8-3-1-2-4-9(8)11;11-9-6-5-7-3-1-2-4-8(7)10(9)12/h1-5,14H,6H2;1-6,12H. The largest absolute Gasteiger partial charge is 0.508 e. The number of phenols is 1. The van der Waals surface area contributed by atoms with E-state index in [0.29, 0.717) is 22.6 Å². The van der Waals surface area contributed by atoms with Crippen molar-refractivity contribution in [3.8, 4) is 11.8 Å². The predicted octanol–water partition coefficient (Wildman–Crippen LogP) is 6.15. The maximum absolute atomic E-state index is 9.58. The van der Waals surface area contributed by atoms with Gasteiger partial charge in [0.05, 0.1) is 11.1 Å². The van der Waals surface area contributed by atoms with Gasteiger partial charge >= 0.3 is 0 Å². The minimum Gasteiger partial charge on any atom is -0.508 e. The van der Waals surface area contributed by atoms with E-state index in [2.05, 4.69) is 6.07 Å². The van der Waals surface area contributed by atoms with Gasteiger partial charge in [0.1, 0.15) is 11.5 Å². The summed E-state index contributed by atoms with van der Waals surface area (Å²) in [4.78, 5) is -1.02. The average molecular weight is 384 g/mol. The summed E-state index contributed by atoms with van der Waals surface area (Å²) in [6, 6.07) is 20.4. The van der Waals surface area contributed by atoms with Gasteiger partial charge in [0.15, 0.2) is 4.87 Å². The number of fused-ring (bicyclic) bond motifs is 2. The highest BCUT2D eigenvalue weighted by molar-refractivity contribution is 6.33. The third-order valence-electron chi connectivity index (χ3n) is 4.24. The van der Waals surface area contributed by atoms with E-state index in [9.17, 15) is 10.2 Å². The molecule has 2 N–H and O–H groups in total. The summed E-state index contributed by atoms with van der Waals surface area (Å²) in [6.07, 6.45) is 1.92. The lowest BCUT2D eigenvalue weighted by Crippen LogP contribution is -2.20. The molecule has 26 heavy (non-hydrogen) atoms. The Labute approximate surface area is 161 Å². The molecule has 0 radical (unpaired) electrons. The van der Waals surface area contributed by atoms with E-state index in [1.807, 2.05) is 42.5 Å². The van der Waals surface area contributed by atoms with Crippen molar-refractivity contribution < 1.29 is 10.2 Å². The number of alkyl halides is 1. The van der Waals surface area contributed by atoms with Crippen molar-refractivity contribution in [2.45, 2.75) is 11.3 Å². The lowest BCUT2D eigenvalue weighted by molar-refractivity contribution is 0.482. The normalized spacial score (nSPS) is 18.1. The van der Waals surface area contributed by atoms with E-state index < -0.39 is 4.87 Å². The van der Waals surface area contributed by atoms with Gasteiger partial charge in [-0.1, -0.05) is 77.8 Å². The molecule has 0 fully saturated rings. The quantitative estimate of drug-likeness (QED) is 0.457. The first-order valence-electron chi connectivity index (χ1n) is 7.91. The number of aromatic hydroxyl groups is 1. The highest BCUT2D eigenvalue weighted by atomic mass is 35.5. The van der Waals surface area contributed by atoms with Gasteiger partial charge in [-0.05, 0) is 23.1 Å². The molecule has 0 saturated carbocycles. The molecule has 130 valence electrons. The van der Waals surface area contributed by atoms with Crippen LogP contribution in [0.5, 0.6) is 5.75 Å². The van der Waals surface area contributed by atoms with Crippen molar-refractivity contribution in [2.24, 2.45) is 0 Å².